The second-order valence-electron chi connectivity index (χ2n) is 28.4. The molecule has 14 rings (SSSR count). The minimum Gasteiger partial charge on any atom is -1.00 e. The number of halogens is 2. The molecule has 10 heterocycles. The molecule has 8 bridgehead atoms. The van der Waals surface area contributed by atoms with Crippen LogP contribution in [0.15, 0.2) is 103 Å². The van der Waals surface area contributed by atoms with Gasteiger partial charge in [-0.05, 0) is 95.2 Å². The minimum absolute atomic E-state index is 0. The van der Waals surface area contributed by atoms with E-state index in [0.717, 1.165) is 11.8 Å². The Balaban J connectivity index is 0.000000208. The van der Waals surface area contributed by atoms with Gasteiger partial charge in [-0.1, -0.05) is 93.5 Å². The molecule has 27 heteroatoms. The van der Waals surface area contributed by atoms with Crippen LogP contribution >= 0.6 is 0 Å². The van der Waals surface area contributed by atoms with E-state index < -0.39 is 111 Å². The van der Waals surface area contributed by atoms with Crippen molar-refractivity contribution in [2.24, 2.45) is 34.5 Å². The number of aliphatic hydroxyl groups is 3. The molecule has 4 aromatic heterocycles. The zero-order valence-electron chi connectivity index (χ0n) is 57.3. The van der Waals surface area contributed by atoms with Crippen molar-refractivity contribution in [3.8, 4) is 34.7 Å². The number of anilines is 2. The number of hydrogen-bond donors (Lipinski definition) is 7. The van der Waals surface area contributed by atoms with Crippen LogP contribution in [0, 0.1) is 46.1 Å². The number of hydrogen-bond acceptors (Lipinski definition) is 21. The number of aromatic nitrogens is 4. The van der Waals surface area contributed by atoms with E-state index in [1.165, 1.54) is 37.6 Å². The summed E-state index contributed by atoms with van der Waals surface area (Å²) >= 11 is 0. The average Bonchev–Trinajstić information content (AvgIpc) is 1.53. The molecule has 0 saturated heterocycles. The molecule has 4 aromatic carbocycles. The SMILES string of the molecule is CC(C)[C@H](O)C(=O)C[C@H]1Cc2ccc3c(c2)[C@@]2(c4cc(F)ccc4N[C@@H]2O3)c2oc(nc2-c2nc(CO)co2)[C@H](C(C)(C)C)NC1=O.COC(=O)c1coc(-c2nc3oc2[C@@]24c5cc(F)ccc5N[C@@H]2Oc2ccc(cc24)C[C@H](CC(=O)[C@@H](O)C(C)C)C(=O)N[C@H]3C(C)(C)C)n1.[B].[H-].[Li+]. The Hall–Kier alpha value is -8.93. The maximum Gasteiger partial charge on any atom is 1.00 e. The van der Waals surface area contributed by atoms with Gasteiger partial charge in [-0.15, -0.1) is 0 Å². The number of ether oxygens (including phenoxy) is 3. The molecular formula is C71H75BF2LiN8O15. The van der Waals surface area contributed by atoms with Gasteiger partial charge in [-0.2, -0.15) is 0 Å². The van der Waals surface area contributed by atoms with Crippen molar-refractivity contribution >= 4 is 49.1 Å². The van der Waals surface area contributed by atoms with Gasteiger partial charge in [0.05, 0.1) is 13.7 Å². The summed E-state index contributed by atoms with van der Waals surface area (Å²) in [6.45, 7) is 18.1. The molecule has 507 valence electrons. The maximum absolute atomic E-state index is 15.2. The number of Topliss-reactive ketones (excluding diaryl/α,β-unsaturated/α-hetero) is 2. The largest absolute Gasteiger partial charge is 1.00 e. The Labute approximate surface area is 578 Å². The van der Waals surface area contributed by atoms with Crippen LogP contribution in [0.5, 0.6) is 11.5 Å². The third-order valence-electron chi connectivity index (χ3n) is 18.9. The van der Waals surface area contributed by atoms with E-state index in [4.69, 9.17) is 41.8 Å². The monoisotopic (exact) mass is 1340 g/mol. The van der Waals surface area contributed by atoms with E-state index in [0.29, 0.717) is 50.7 Å². The summed E-state index contributed by atoms with van der Waals surface area (Å²) in [6, 6.07) is 18.2. The van der Waals surface area contributed by atoms with Gasteiger partial charge in [0, 0.05) is 66.7 Å². The molecule has 3 radical (unpaired) electrons. The fourth-order valence-electron chi connectivity index (χ4n) is 13.9. The molecule has 2 amide bonds. The number of ketones is 2. The Bertz CT molecular complexity index is 4470. The molecule has 8 aromatic rings. The molecule has 0 saturated carbocycles. The van der Waals surface area contributed by atoms with E-state index in [1.807, 2.05) is 65.8 Å². The smallest absolute Gasteiger partial charge is 1.00 e. The average molecular weight is 1340 g/mol. The summed E-state index contributed by atoms with van der Waals surface area (Å²) in [5.74, 6) is -3.93. The summed E-state index contributed by atoms with van der Waals surface area (Å²) in [5.41, 5.74) is 1.57. The van der Waals surface area contributed by atoms with Crippen molar-refractivity contribution in [2.75, 3.05) is 17.7 Å². The van der Waals surface area contributed by atoms with E-state index in [9.17, 15) is 39.3 Å². The Kier molecular flexibility index (Phi) is 18.7. The van der Waals surface area contributed by atoms with Gasteiger partial charge in [-0.25, -0.2) is 33.5 Å². The van der Waals surface area contributed by atoms with Gasteiger partial charge in [0.1, 0.15) is 76.5 Å². The fraction of sp³-hybridized carbons (Fsp3) is 0.423. The zero-order chi connectivity index (χ0) is 68.4. The normalized spacial score (nSPS) is 22.8. The van der Waals surface area contributed by atoms with Crippen molar-refractivity contribution in [2.45, 2.75) is 149 Å². The van der Waals surface area contributed by atoms with Crippen LogP contribution in [0.2, 0.25) is 0 Å². The number of amides is 2. The molecule has 23 nitrogen and oxygen atoms in total. The van der Waals surface area contributed by atoms with Gasteiger partial charge >= 0.3 is 24.8 Å². The predicted molar refractivity (Wildman–Crippen MR) is 346 cm³/mol. The van der Waals surface area contributed by atoms with Crippen LogP contribution in [0.3, 0.4) is 0 Å². The van der Waals surface area contributed by atoms with E-state index in [2.05, 4.69) is 31.2 Å². The quantitative estimate of drug-likeness (QED) is 0.0499. The van der Waals surface area contributed by atoms with E-state index in [-0.39, 0.29) is 131 Å². The Morgan fingerprint density at radius 2 is 1.05 bits per heavy atom. The molecule has 6 aliphatic heterocycles. The summed E-state index contributed by atoms with van der Waals surface area (Å²) in [4.78, 5) is 85.6. The first-order valence-electron chi connectivity index (χ1n) is 31.9. The molecule has 0 fully saturated rings. The van der Waals surface area contributed by atoms with Crippen LogP contribution in [0.25, 0.3) is 23.2 Å². The second-order valence-corrected chi connectivity index (χ2v) is 28.4. The van der Waals surface area contributed by atoms with Crippen molar-refractivity contribution in [1.29, 1.82) is 0 Å². The molecule has 10 atom stereocenters. The summed E-state index contributed by atoms with van der Waals surface area (Å²) in [7, 11) is 1.22. The fourth-order valence-corrected chi connectivity index (χ4v) is 13.9. The first-order valence-corrected chi connectivity index (χ1v) is 31.9. The van der Waals surface area contributed by atoms with Crippen molar-refractivity contribution in [1.82, 2.24) is 30.6 Å². The molecule has 7 N–H and O–H groups in total. The summed E-state index contributed by atoms with van der Waals surface area (Å²) < 4.78 is 73.3. The Morgan fingerprint density at radius 1 is 0.622 bits per heavy atom. The number of methoxy groups -OCH3 is 1. The molecule has 0 unspecified atom stereocenters. The van der Waals surface area contributed by atoms with Gasteiger partial charge in [0.15, 0.2) is 52.6 Å². The van der Waals surface area contributed by atoms with Crippen LogP contribution < -0.4 is 49.6 Å². The van der Waals surface area contributed by atoms with E-state index >= 15 is 8.78 Å². The number of fused-ring (bicyclic) bond motifs is 8. The minimum atomic E-state index is -1.34. The zero-order valence-corrected chi connectivity index (χ0v) is 56.3. The molecule has 0 aliphatic carbocycles. The number of rotatable bonds is 12. The number of benzene rings is 4. The first-order chi connectivity index (χ1) is 45.5. The second kappa shape index (κ2) is 26.1. The number of nitrogens with one attached hydrogen (secondary N) is 4. The molecular weight excluding hydrogens is 1260 g/mol. The summed E-state index contributed by atoms with van der Waals surface area (Å²) in [5, 5.41) is 43.9. The third-order valence-corrected chi connectivity index (χ3v) is 18.9. The van der Waals surface area contributed by atoms with Crippen molar-refractivity contribution in [3.63, 3.8) is 0 Å². The first kappa shape index (κ1) is 70.4. The molecule has 98 heavy (non-hydrogen) atoms. The van der Waals surface area contributed by atoms with Crippen LogP contribution in [0.1, 0.15) is 168 Å². The van der Waals surface area contributed by atoms with Gasteiger partial charge in [0.25, 0.3) is 0 Å². The van der Waals surface area contributed by atoms with E-state index in [1.54, 1.807) is 52.0 Å². The maximum atomic E-state index is 15.2. The number of esters is 1. The number of aliphatic hydroxyl groups excluding tert-OH is 3. The third kappa shape index (κ3) is 11.9. The molecule has 2 spiro atoms. The van der Waals surface area contributed by atoms with Crippen LogP contribution in [-0.4, -0.2) is 105 Å². The molecule has 6 aliphatic rings. The van der Waals surface area contributed by atoms with Gasteiger partial charge in [0.2, 0.25) is 35.4 Å². The standard InChI is InChI=1S/C36H37FN4O8.C35H37FN4O7.B.Li.H/c1-16(2)27(43)24(42)13-18-11-17-7-10-25-21(12-17)36(20-14-19(37)8-9-22(20)39-34(36)48-25)29-26(31-38-23(15-47-31)33(45)46-6)40-32(49-29)28(35(3,4)5)41-30(18)44;1-16(2)27(43)24(42)12-18-10-17-6-9-25-22(11-17)35(21-13-19(36)7-8-23(21)38-33(35)46-25)29-26(31-37-20(14-41)15-45-31)39-32(47-29)28(34(3,4)5)40-30(18)44;;;/h7-10,12,14-16,18,27-28,34,39,43H,11,13H2,1-6H3,(H,41,44);6-9,11,13,15-16,18,27-28,33,38,41,43H,10,12,14H2,1-5H3,(H,40,44);;;/q;;;+1;-1/t18-,27+,28-,34-,36+;18-,27+,28-,33-,35+;;;/m11.../s1. The van der Waals surface area contributed by atoms with Gasteiger partial charge in [-0.3, -0.25) is 19.2 Å². The number of carbonyl (C=O) groups excluding carboxylic acids is 5. The topological polar surface area (TPSA) is 326 Å². The van der Waals surface area contributed by atoms with Crippen molar-refractivity contribution in [3.05, 3.63) is 165 Å². The van der Waals surface area contributed by atoms with Crippen LogP contribution in [-0.2, 0) is 54.2 Å². The Morgan fingerprint density at radius 3 is 1.45 bits per heavy atom. The van der Waals surface area contributed by atoms with Gasteiger partial charge < -0.3 is 69.9 Å². The van der Waals surface area contributed by atoms with Crippen LogP contribution in [0.4, 0.5) is 20.2 Å². The number of nitrogens with zero attached hydrogens (tertiary/aromatic N) is 4. The predicted octanol–water partition coefficient (Wildman–Crippen LogP) is 6.61. The number of carbonyl (C=O) groups is 5. The number of oxazole rings is 4. The van der Waals surface area contributed by atoms with Crippen molar-refractivity contribution < 1.29 is 100 Å². The summed E-state index contributed by atoms with van der Waals surface area (Å²) in [6.07, 6.45) is -1.59.